The third-order valence-electron chi connectivity index (χ3n) is 3.22. The van der Waals surface area contributed by atoms with Crippen molar-refractivity contribution in [3.63, 3.8) is 0 Å². The fourth-order valence-electron chi connectivity index (χ4n) is 1.84. The molecule has 0 saturated carbocycles. The van der Waals surface area contributed by atoms with Crippen molar-refractivity contribution >= 4 is 21.9 Å². The molecular formula is C15H25BrN4. The molecule has 0 amide bonds. The molecule has 1 aromatic carbocycles. The fourth-order valence-corrected chi connectivity index (χ4v) is 2.10. The van der Waals surface area contributed by atoms with E-state index in [1.54, 1.807) is 0 Å². The molecule has 1 rings (SSSR count). The molecule has 5 heteroatoms. The summed E-state index contributed by atoms with van der Waals surface area (Å²) in [5, 5.41) is 3.39. The van der Waals surface area contributed by atoms with Crippen LogP contribution in [0.4, 0.5) is 0 Å². The topological polar surface area (TPSA) is 30.9 Å². The maximum atomic E-state index is 4.33. The molecule has 1 N–H and O–H groups in total. The Hall–Kier alpha value is -1.07. The van der Waals surface area contributed by atoms with E-state index >= 15 is 0 Å². The Morgan fingerprint density at radius 1 is 1.25 bits per heavy atom. The summed E-state index contributed by atoms with van der Waals surface area (Å²) in [5.41, 5.74) is 1.27. The molecule has 0 bridgehead atoms. The van der Waals surface area contributed by atoms with Crippen LogP contribution < -0.4 is 5.32 Å². The first kappa shape index (κ1) is 17.0. The summed E-state index contributed by atoms with van der Waals surface area (Å²) in [6.07, 6.45) is 0. The van der Waals surface area contributed by atoms with Crippen LogP contribution in [0.1, 0.15) is 12.5 Å². The van der Waals surface area contributed by atoms with Gasteiger partial charge in [0.05, 0.1) is 0 Å². The zero-order valence-electron chi connectivity index (χ0n) is 12.9. The van der Waals surface area contributed by atoms with Crippen molar-refractivity contribution in [1.82, 2.24) is 15.1 Å². The highest BCUT2D eigenvalue weighted by molar-refractivity contribution is 9.10. The van der Waals surface area contributed by atoms with Gasteiger partial charge < -0.3 is 15.1 Å². The Balaban J connectivity index is 2.46. The monoisotopic (exact) mass is 340 g/mol. The lowest BCUT2D eigenvalue weighted by molar-refractivity contribution is 0.353. The van der Waals surface area contributed by atoms with E-state index in [-0.39, 0.29) is 0 Å². The zero-order chi connectivity index (χ0) is 15.0. The van der Waals surface area contributed by atoms with Gasteiger partial charge in [0.25, 0.3) is 0 Å². The van der Waals surface area contributed by atoms with E-state index in [0.29, 0.717) is 0 Å². The van der Waals surface area contributed by atoms with Gasteiger partial charge >= 0.3 is 0 Å². The number of aliphatic imine (C=N–C) groups is 1. The Morgan fingerprint density at radius 3 is 2.45 bits per heavy atom. The van der Waals surface area contributed by atoms with Gasteiger partial charge in [0.1, 0.15) is 0 Å². The zero-order valence-corrected chi connectivity index (χ0v) is 14.4. The van der Waals surface area contributed by atoms with E-state index in [0.717, 1.165) is 36.6 Å². The first-order valence-electron chi connectivity index (χ1n) is 6.91. The third-order valence-corrected chi connectivity index (χ3v) is 3.75. The molecule has 112 valence electrons. The average Bonchev–Trinajstić information content (AvgIpc) is 2.45. The molecular weight excluding hydrogens is 316 g/mol. The summed E-state index contributed by atoms with van der Waals surface area (Å²) in [5.74, 6) is 0.928. The van der Waals surface area contributed by atoms with E-state index in [2.05, 4.69) is 81.3 Å². The number of rotatable bonds is 6. The predicted molar refractivity (Wildman–Crippen MR) is 90.1 cm³/mol. The van der Waals surface area contributed by atoms with Gasteiger partial charge in [-0.1, -0.05) is 35.0 Å². The number of halogens is 1. The third kappa shape index (κ3) is 5.92. The van der Waals surface area contributed by atoms with Crippen LogP contribution in [0.3, 0.4) is 0 Å². The summed E-state index contributed by atoms with van der Waals surface area (Å²) in [6, 6.07) is 8.38. The Labute approximate surface area is 131 Å². The number of nitrogens with zero attached hydrogens (tertiary/aromatic N) is 3. The minimum absolute atomic E-state index is 0.844. The quantitative estimate of drug-likeness (QED) is 0.637. The van der Waals surface area contributed by atoms with Gasteiger partial charge in [-0.05, 0) is 31.3 Å². The maximum absolute atomic E-state index is 4.33. The maximum Gasteiger partial charge on any atom is 0.193 e. The van der Waals surface area contributed by atoms with Crippen LogP contribution in [0.2, 0.25) is 0 Å². The second-order valence-electron chi connectivity index (χ2n) is 4.85. The number of nitrogens with one attached hydrogen (secondary N) is 1. The van der Waals surface area contributed by atoms with Crippen LogP contribution in [0.25, 0.3) is 0 Å². The summed E-state index contributed by atoms with van der Waals surface area (Å²) in [4.78, 5) is 8.73. The van der Waals surface area contributed by atoms with Gasteiger partial charge in [0.15, 0.2) is 5.96 Å². The molecule has 0 fully saturated rings. The fraction of sp³-hybridized carbons (Fsp3) is 0.533. The van der Waals surface area contributed by atoms with E-state index < -0.39 is 0 Å². The smallest absolute Gasteiger partial charge is 0.193 e. The molecule has 0 radical (unpaired) electrons. The van der Waals surface area contributed by atoms with Crippen molar-refractivity contribution in [2.24, 2.45) is 4.99 Å². The lowest BCUT2D eigenvalue weighted by atomic mass is 10.2. The molecule has 0 aliphatic carbocycles. The molecule has 0 unspecified atom stereocenters. The van der Waals surface area contributed by atoms with Gasteiger partial charge in [-0.25, -0.2) is 0 Å². The van der Waals surface area contributed by atoms with Crippen LogP contribution in [-0.2, 0) is 6.54 Å². The highest BCUT2D eigenvalue weighted by Gasteiger charge is 2.06. The van der Waals surface area contributed by atoms with Crippen molar-refractivity contribution in [3.8, 4) is 0 Å². The number of hydrogen-bond acceptors (Lipinski definition) is 2. The highest BCUT2D eigenvalue weighted by atomic mass is 79.9. The van der Waals surface area contributed by atoms with Crippen LogP contribution in [0, 0.1) is 0 Å². The molecule has 4 nitrogen and oxygen atoms in total. The Morgan fingerprint density at radius 2 is 1.90 bits per heavy atom. The SMILES string of the molecule is CCN(C)CCNC(=NC)N(C)Cc1ccc(Br)cc1. The minimum atomic E-state index is 0.844. The summed E-state index contributed by atoms with van der Waals surface area (Å²) in [7, 11) is 6.00. The second kappa shape index (κ2) is 8.97. The molecule has 0 saturated heterocycles. The summed E-state index contributed by atoms with van der Waals surface area (Å²) >= 11 is 3.45. The average molecular weight is 341 g/mol. The van der Waals surface area contributed by atoms with Gasteiger partial charge in [-0.3, -0.25) is 4.99 Å². The second-order valence-corrected chi connectivity index (χ2v) is 5.77. The molecule has 0 atom stereocenters. The van der Waals surface area contributed by atoms with Crippen LogP contribution >= 0.6 is 15.9 Å². The van der Waals surface area contributed by atoms with Crippen LogP contribution in [0.5, 0.6) is 0 Å². The summed E-state index contributed by atoms with van der Waals surface area (Å²) in [6.45, 7) is 5.99. The standard InChI is InChI=1S/C15H25BrN4/c1-5-19(3)11-10-18-15(17-2)20(4)12-13-6-8-14(16)9-7-13/h6-9H,5,10-12H2,1-4H3,(H,17,18). The van der Waals surface area contributed by atoms with Gasteiger partial charge in [0.2, 0.25) is 0 Å². The van der Waals surface area contributed by atoms with Crippen molar-refractivity contribution < 1.29 is 0 Å². The van der Waals surface area contributed by atoms with Crippen LogP contribution in [-0.4, -0.2) is 56.5 Å². The number of hydrogen-bond donors (Lipinski definition) is 1. The van der Waals surface area contributed by atoms with Crippen molar-refractivity contribution in [3.05, 3.63) is 34.3 Å². The van der Waals surface area contributed by atoms with Crippen LogP contribution in [0.15, 0.2) is 33.7 Å². The summed E-state index contributed by atoms with van der Waals surface area (Å²) < 4.78 is 1.11. The van der Waals surface area contributed by atoms with E-state index in [4.69, 9.17) is 0 Å². The van der Waals surface area contributed by atoms with Crippen molar-refractivity contribution in [2.45, 2.75) is 13.5 Å². The first-order valence-corrected chi connectivity index (χ1v) is 7.71. The number of benzene rings is 1. The van der Waals surface area contributed by atoms with E-state index in [1.165, 1.54) is 5.56 Å². The molecule has 20 heavy (non-hydrogen) atoms. The molecule has 1 aromatic rings. The molecule has 0 aromatic heterocycles. The first-order chi connectivity index (χ1) is 9.56. The number of likely N-dealkylation sites (N-methyl/N-ethyl adjacent to an activating group) is 1. The number of guanidine groups is 1. The van der Waals surface area contributed by atoms with Gasteiger partial charge in [-0.2, -0.15) is 0 Å². The Bertz CT molecular complexity index is 416. The minimum Gasteiger partial charge on any atom is -0.355 e. The van der Waals surface area contributed by atoms with Gasteiger partial charge in [-0.15, -0.1) is 0 Å². The largest absolute Gasteiger partial charge is 0.355 e. The lowest BCUT2D eigenvalue weighted by Crippen LogP contribution is -2.41. The molecule has 0 aliphatic rings. The Kier molecular flexibility index (Phi) is 7.62. The van der Waals surface area contributed by atoms with E-state index in [9.17, 15) is 0 Å². The van der Waals surface area contributed by atoms with Crippen molar-refractivity contribution in [2.75, 3.05) is 40.8 Å². The van der Waals surface area contributed by atoms with E-state index in [1.807, 2.05) is 7.05 Å². The molecule has 0 spiro atoms. The lowest BCUT2D eigenvalue weighted by Gasteiger charge is -2.23. The van der Waals surface area contributed by atoms with Gasteiger partial charge in [0, 0.05) is 38.2 Å². The molecule has 0 aliphatic heterocycles. The van der Waals surface area contributed by atoms with Crippen molar-refractivity contribution in [1.29, 1.82) is 0 Å². The normalized spacial score (nSPS) is 11.8. The molecule has 0 heterocycles. The predicted octanol–water partition coefficient (Wildman–Crippen LogP) is 2.41. The highest BCUT2D eigenvalue weighted by Crippen LogP contribution is 2.11.